The molecule has 0 radical (unpaired) electrons. The largest absolute Gasteiger partial charge is 0.459 e. The van der Waals surface area contributed by atoms with E-state index in [0.29, 0.717) is 25.1 Å². The Bertz CT molecular complexity index is 933. The minimum Gasteiger partial charge on any atom is -0.459 e. The number of benzene rings is 2. The van der Waals surface area contributed by atoms with Crippen LogP contribution < -0.4 is 10.2 Å². The fourth-order valence-corrected chi connectivity index (χ4v) is 3.18. The number of nitrogens with one attached hydrogen (secondary N) is 1. The van der Waals surface area contributed by atoms with E-state index in [2.05, 4.69) is 5.32 Å². The van der Waals surface area contributed by atoms with Gasteiger partial charge in [-0.25, -0.2) is 0 Å². The predicted octanol–water partition coefficient (Wildman–Crippen LogP) is 4.01. The minimum atomic E-state index is -0.289. The van der Waals surface area contributed by atoms with E-state index in [4.69, 9.17) is 4.42 Å². The Kier molecular flexibility index (Phi) is 4.27. The van der Waals surface area contributed by atoms with Crippen molar-refractivity contribution in [1.29, 1.82) is 0 Å². The van der Waals surface area contributed by atoms with Crippen LogP contribution in [0.1, 0.15) is 28.1 Å². The Morgan fingerprint density at radius 1 is 1.04 bits per heavy atom. The second-order valence-corrected chi connectivity index (χ2v) is 6.24. The van der Waals surface area contributed by atoms with Crippen LogP contribution in [0.2, 0.25) is 0 Å². The molecule has 5 nitrogen and oxygen atoms in total. The number of hydrogen-bond donors (Lipinski definition) is 1. The first-order valence-electron chi connectivity index (χ1n) is 8.53. The quantitative estimate of drug-likeness (QED) is 0.776. The SMILES string of the molecule is O=C(Nc1ccc2c(c1)CCC(=O)N2Cc1ccccc1)c1ccco1. The van der Waals surface area contributed by atoms with Crippen molar-refractivity contribution in [3.05, 3.63) is 83.8 Å². The van der Waals surface area contributed by atoms with E-state index >= 15 is 0 Å². The molecule has 2 amide bonds. The van der Waals surface area contributed by atoms with Crippen molar-refractivity contribution < 1.29 is 14.0 Å². The summed E-state index contributed by atoms with van der Waals surface area (Å²) < 4.78 is 5.11. The van der Waals surface area contributed by atoms with Crippen LogP contribution in [-0.2, 0) is 17.8 Å². The third kappa shape index (κ3) is 3.24. The molecule has 0 aliphatic carbocycles. The lowest BCUT2D eigenvalue weighted by molar-refractivity contribution is -0.119. The highest BCUT2D eigenvalue weighted by atomic mass is 16.3. The number of carbonyl (C=O) groups excluding carboxylic acids is 2. The molecular weight excluding hydrogens is 328 g/mol. The Labute approximate surface area is 151 Å². The maximum Gasteiger partial charge on any atom is 0.291 e. The number of rotatable bonds is 4. The van der Waals surface area contributed by atoms with Gasteiger partial charge in [0, 0.05) is 17.8 Å². The first kappa shape index (κ1) is 16.1. The summed E-state index contributed by atoms with van der Waals surface area (Å²) in [6.45, 7) is 0.546. The summed E-state index contributed by atoms with van der Waals surface area (Å²) >= 11 is 0. The Morgan fingerprint density at radius 2 is 1.88 bits per heavy atom. The molecule has 4 rings (SSSR count). The summed E-state index contributed by atoms with van der Waals surface area (Å²) in [5.74, 6) is 0.0975. The molecule has 26 heavy (non-hydrogen) atoms. The summed E-state index contributed by atoms with van der Waals surface area (Å²) in [4.78, 5) is 26.4. The third-order valence-electron chi connectivity index (χ3n) is 4.47. The fourth-order valence-electron chi connectivity index (χ4n) is 3.18. The summed E-state index contributed by atoms with van der Waals surface area (Å²) in [7, 11) is 0. The van der Waals surface area contributed by atoms with Crippen LogP contribution in [0.5, 0.6) is 0 Å². The van der Waals surface area contributed by atoms with Crippen LogP contribution >= 0.6 is 0 Å². The molecule has 0 atom stereocenters. The van der Waals surface area contributed by atoms with Gasteiger partial charge < -0.3 is 14.6 Å². The fraction of sp³-hybridized carbons (Fsp3) is 0.143. The van der Waals surface area contributed by atoms with Crippen LogP contribution in [0.15, 0.2) is 71.3 Å². The van der Waals surface area contributed by atoms with Crippen molar-refractivity contribution in [2.24, 2.45) is 0 Å². The first-order valence-corrected chi connectivity index (χ1v) is 8.53. The lowest BCUT2D eigenvalue weighted by atomic mass is 9.99. The third-order valence-corrected chi connectivity index (χ3v) is 4.47. The number of amides is 2. The molecule has 0 saturated carbocycles. The molecule has 3 aromatic rings. The molecular formula is C21H18N2O3. The minimum absolute atomic E-state index is 0.119. The molecule has 1 N–H and O–H groups in total. The Morgan fingerprint density at radius 3 is 2.65 bits per heavy atom. The molecule has 1 aliphatic heterocycles. The van der Waals surface area contributed by atoms with Gasteiger partial charge in [0.1, 0.15) is 0 Å². The molecule has 130 valence electrons. The summed E-state index contributed by atoms with van der Waals surface area (Å²) in [5.41, 5.74) is 3.74. The van der Waals surface area contributed by atoms with Crippen LogP contribution in [0.3, 0.4) is 0 Å². The zero-order valence-corrected chi connectivity index (χ0v) is 14.1. The predicted molar refractivity (Wildman–Crippen MR) is 99.1 cm³/mol. The molecule has 1 aromatic heterocycles. The average Bonchev–Trinajstić information content (AvgIpc) is 3.20. The number of hydrogen-bond acceptors (Lipinski definition) is 3. The molecule has 2 aromatic carbocycles. The molecule has 0 spiro atoms. The molecule has 5 heteroatoms. The van der Waals surface area contributed by atoms with Crippen LogP contribution in [0.25, 0.3) is 0 Å². The highest BCUT2D eigenvalue weighted by Crippen LogP contribution is 2.31. The van der Waals surface area contributed by atoms with E-state index in [9.17, 15) is 9.59 Å². The number of carbonyl (C=O) groups is 2. The lowest BCUT2D eigenvalue weighted by Gasteiger charge is -2.30. The summed E-state index contributed by atoms with van der Waals surface area (Å²) in [5, 5.41) is 2.83. The van der Waals surface area contributed by atoms with Gasteiger partial charge in [-0.05, 0) is 47.9 Å². The maximum absolute atomic E-state index is 12.4. The first-order chi connectivity index (χ1) is 12.7. The van der Waals surface area contributed by atoms with Crippen molar-refractivity contribution in [2.45, 2.75) is 19.4 Å². The normalized spacial score (nSPS) is 13.4. The van der Waals surface area contributed by atoms with Crippen molar-refractivity contribution >= 4 is 23.2 Å². The topological polar surface area (TPSA) is 62.6 Å². The molecule has 2 heterocycles. The van der Waals surface area contributed by atoms with Gasteiger partial charge in [0.2, 0.25) is 5.91 Å². The van der Waals surface area contributed by atoms with E-state index in [1.165, 1.54) is 6.26 Å². The zero-order chi connectivity index (χ0) is 17.9. The zero-order valence-electron chi connectivity index (χ0n) is 14.1. The monoisotopic (exact) mass is 346 g/mol. The Balaban J connectivity index is 1.57. The van der Waals surface area contributed by atoms with Gasteiger partial charge in [0.15, 0.2) is 5.76 Å². The molecule has 0 saturated heterocycles. The highest BCUT2D eigenvalue weighted by Gasteiger charge is 2.24. The summed E-state index contributed by atoms with van der Waals surface area (Å²) in [6.07, 6.45) is 2.61. The van der Waals surface area contributed by atoms with Gasteiger partial charge in [0.25, 0.3) is 5.91 Å². The van der Waals surface area contributed by atoms with E-state index < -0.39 is 0 Å². The van der Waals surface area contributed by atoms with E-state index in [1.54, 1.807) is 12.1 Å². The van der Waals surface area contributed by atoms with Crippen molar-refractivity contribution in [2.75, 3.05) is 10.2 Å². The number of fused-ring (bicyclic) bond motifs is 1. The van der Waals surface area contributed by atoms with E-state index in [0.717, 1.165) is 16.8 Å². The smallest absolute Gasteiger partial charge is 0.291 e. The highest BCUT2D eigenvalue weighted by molar-refractivity contribution is 6.03. The maximum atomic E-state index is 12.4. The van der Waals surface area contributed by atoms with Crippen LogP contribution in [0, 0.1) is 0 Å². The number of anilines is 2. The van der Waals surface area contributed by atoms with Crippen molar-refractivity contribution in [1.82, 2.24) is 0 Å². The van der Waals surface area contributed by atoms with Gasteiger partial charge >= 0.3 is 0 Å². The lowest BCUT2D eigenvalue weighted by Crippen LogP contribution is -2.34. The molecule has 0 unspecified atom stereocenters. The Hall–Kier alpha value is -3.34. The molecule has 0 bridgehead atoms. The van der Waals surface area contributed by atoms with Crippen LogP contribution in [-0.4, -0.2) is 11.8 Å². The van der Waals surface area contributed by atoms with Gasteiger partial charge in [-0.15, -0.1) is 0 Å². The number of furan rings is 1. The van der Waals surface area contributed by atoms with Crippen LogP contribution in [0.4, 0.5) is 11.4 Å². The second kappa shape index (κ2) is 6.88. The van der Waals surface area contributed by atoms with E-state index in [1.807, 2.05) is 53.4 Å². The van der Waals surface area contributed by atoms with Crippen molar-refractivity contribution in [3.63, 3.8) is 0 Å². The number of aryl methyl sites for hydroxylation is 1. The number of nitrogens with zero attached hydrogens (tertiary/aromatic N) is 1. The molecule has 0 fully saturated rings. The second-order valence-electron chi connectivity index (χ2n) is 6.24. The van der Waals surface area contributed by atoms with Gasteiger partial charge in [0.05, 0.1) is 12.8 Å². The van der Waals surface area contributed by atoms with Crippen molar-refractivity contribution in [3.8, 4) is 0 Å². The van der Waals surface area contributed by atoms with Gasteiger partial charge in [-0.1, -0.05) is 30.3 Å². The van der Waals surface area contributed by atoms with E-state index in [-0.39, 0.29) is 17.6 Å². The standard InChI is InChI=1S/C21H18N2O3/c24-20-11-8-16-13-17(22-21(25)19-7-4-12-26-19)9-10-18(16)23(20)14-15-5-2-1-3-6-15/h1-7,9-10,12-13H,8,11,14H2,(H,22,25). The average molecular weight is 346 g/mol. The summed E-state index contributed by atoms with van der Waals surface area (Å²) in [6, 6.07) is 18.9. The molecule has 1 aliphatic rings. The van der Waals surface area contributed by atoms with Gasteiger partial charge in [-0.2, -0.15) is 0 Å². The van der Waals surface area contributed by atoms with Gasteiger partial charge in [-0.3, -0.25) is 9.59 Å².